The lowest BCUT2D eigenvalue weighted by Gasteiger charge is -2.34. The van der Waals surface area contributed by atoms with E-state index in [9.17, 15) is 22.8 Å². The number of halogens is 3. The third kappa shape index (κ3) is 7.02. The summed E-state index contributed by atoms with van der Waals surface area (Å²) in [5.41, 5.74) is -0.809. The van der Waals surface area contributed by atoms with Gasteiger partial charge in [-0.15, -0.1) is 0 Å². The molecule has 1 fully saturated rings. The molecule has 1 aromatic rings. The van der Waals surface area contributed by atoms with Crippen molar-refractivity contribution in [3.8, 4) is 0 Å². The summed E-state index contributed by atoms with van der Waals surface area (Å²) in [6.45, 7) is 6.38. The normalized spacial score (nSPS) is 15.9. The molecule has 1 aliphatic heterocycles. The highest BCUT2D eigenvalue weighted by atomic mass is 32.2. The van der Waals surface area contributed by atoms with Crippen LogP contribution in [0.15, 0.2) is 23.4 Å². The summed E-state index contributed by atoms with van der Waals surface area (Å²) in [7, 11) is 0. The van der Waals surface area contributed by atoms with Crippen LogP contribution in [0.1, 0.15) is 19.4 Å². The molecule has 0 bridgehead atoms. The fourth-order valence-electron chi connectivity index (χ4n) is 2.59. The zero-order valence-electron chi connectivity index (χ0n) is 15.3. The third-order valence-corrected chi connectivity index (χ3v) is 4.88. The van der Waals surface area contributed by atoms with Gasteiger partial charge in [0.05, 0.1) is 22.9 Å². The van der Waals surface area contributed by atoms with Crippen LogP contribution >= 0.6 is 11.8 Å². The Morgan fingerprint density at radius 3 is 2.41 bits per heavy atom. The molecule has 2 amide bonds. The Balaban J connectivity index is 1.74. The first-order valence-corrected chi connectivity index (χ1v) is 9.59. The molecular formula is C17H23F3N4O2S. The van der Waals surface area contributed by atoms with E-state index in [2.05, 4.69) is 10.3 Å². The number of hydrogen-bond acceptors (Lipinski definition) is 5. The van der Waals surface area contributed by atoms with Gasteiger partial charge in [0.25, 0.3) is 0 Å². The van der Waals surface area contributed by atoms with E-state index >= 15 is 0 Å². The van der Waals surface area contributed by atoms with Crippen molar-refractivity contribution in [1.82, 2.24) is 20.1 Å². The van der Waals surface area contributed by atoms with Crippen molar-refractivity contribution in [2.45, 2.75) is 31.1 Å². The van der Waals surface area contributed by atoms with Crippen molar-refractivity contribution >= 4 is 23.6 Å². The molecule has 1 aromatic heterocycles. The Hall–Kier alpha value is -1.81. The summed E-state index contributed by atoms with van der Waals surface area (Å²) in [6.07, 6.45) is -3.65. The minimum atomic E-state index is -4.42. The number of amides is 2. The number of rotatable bonds is 6. The van der Waals surface area contributed by atoms with Gasteiger partial charge in [0, 0.05) is 38.4 Å². The van der Waals surface area contributed by atoms with Crippen molar-refractivity contribution in [2.24, 2.45) is 0 Å². The second kappa shape index (κ2) is 9.41. The molecule has 27 heavy (non-hydrogen) atoms. The summed E-state index contributed by atoms with van der Waals surface area (Å²) in [4.78, 5) is 31.5. The predicted molar refractivity (Wildman–Crippen MR) is 96.3 cm³/mol. The highest BCUT2D eigenvalue weighted by molar-refractivity contribution is 7.99. The Morgan fingerprint density at radius 1 is 1.22 bits per heavy atom. The molecule has 1 N–H and O–H groups in total. The van der Waals surface area contributed by atoms with Gasteiger partial charge in [-0.05, 0) is 26.0 Å². The van der Waals surface area contributed by atoms with E-state index < -0.39 is 11.7 Å². The van der Waals surface area contributed by atoms with E-state index in [4.69, 9.17) is 0 Å². The van der Waals surface area contributed by atoms with E-state index in [0.29, 0.717) is 37.7 Å². The summed E-state index contributed by atoms with van der Waals surface area (Å²) >= 11 is 1.11. The minimum absolute atomic E-state index is 0.0336. The molecule has 10 heteroatoms. The van der Waals surface area contributed by atoms with Gasteiger partial charge in [-0.2, -0.15) is 13.2 Å². The fourth-order valence-corrected chi connectivity index (χ4v) is 3.33. The molecular weight excluding hydrogens is 381 g/mol. The van der Waals surface area contributed by atoms with Gasteiger partial charge in [-0.1, -0.05) is 11.8 Å². The molecule has 0 aliphatic carbocycles. The lowest BCUT2D eigenvalue weighted by molar-refractivity contribution is -0.138. The standard InChI is InChI=1S/C17H23F3N4O2S/c1-12(2)22-14(25)10-23-5-7-24(8-6-23)16(26)11-27-15-4-3-13(9-21-15)17(18,19)20/h3-4,9,12H,5-8,10-11H2,1-2H3,(H,22,25). The highest BCUT2D eigenvalue weighted by Gasteiger charge is 2.30. The number of piperazine rings is 1. The number of carbonyl (C=O) groups is 2. The quantitative estimate of drug-likeness (QED) is 0.734. The topological polar surface area (TPSA) is 65.5 Å². The Labute approximate surface area is 160 Å². The van der Waals surface area contributed by atoms with Crippen LogP contribution in [0.2, 0.25) is 0 Å². The first kappa shape index (κ1) is 21.5. The van der Waals surface area contributed by atoms with Crippen LogP contribution < -0.4 is 5.32 Å². The Kier molecular flexibility index (Phi) is 7.49. The summed E-state index contributed by atoms with van der Waals surface area (Å²) < 4.78 is 37.5. The molecule has 150 valence electrons. The van der Waals surface area contributed by atoms with E-state index in [-0.39, 0.29) is 23.6 Å². The number of alkyl halides is 3. The number of pyridine rings is 1. The van der Waals surface area contributed by atoms with Crippen molar-refractivity contribution in [3.05, 3.63) is 23.9 Å². The molecule has 0 aromatic carbocycles. The second-order valence-electron chi connectivity index (χ2n) is 6.55. The number of aromatic nitrogens is 1. The average molecular weight is 404 g/mol. The SMILES string of the molecule is CC(C)NC(=O)CN1CCN(C(=O)CSc2ccc(C(F)(F)F)cn2)CC1. The van der Waals surface area contributed by atoms with E-state index in [1.54, 1.807) is 4.90 Å². The van der Waals surface area contributed by atoms with Crippen LogP contribution in [0.5, 0.6) is 0 Å². The van der Waals surface area contributed by atoms with E-state index in [1.165, 1.54) is 6.07 Å². The highest BCUT2D eigenvalue weighted by Crippen LogP contribution is 2.29. The maximum atomic E-state index is 12.5. The summed E-state index contributed by atoms with van der Waals surface area (Å²) in [5, 5.41) is 3.21. The third-order valence-electron chi connectivity index (χ3n) is 3.95. The molecule has 0 unspecified atom stereocenters. The predicted octanol–water partition coefficient (Wildman–Crippen LogP) is 1.86. The van der Waals surface area contributed by atoms with Crippen LogP contribution in [-0.4, -0.2) is 71.1 Å². The molecule has 1 aliphatic rings. The number of hydrogen-bond donors (Lipinski definition) is 1. The number of nitrogens with one attached hydrogen (secondary N) is 1. The van der Waals surface area contributed by atoms with Crippen LogP contribution in [0.4, 0.5) is 13.2 Å². The Morgan fingerprint density at radius 2 is 1.89 bits per heavy atom. The Bertz CT molecular complexity index is 645. The number of nitrogens with zero attached hydrogens (tertiary/aromatic N) is 3. The first-order valence-electron chi connectivity index (χ1n) is 8.60. The molecule has 0 saturated carbocycles. The molecule has 6 nitrogen and oxygen atoms in total. The van der Waals surface area contributed by atoms with Gasteiger partial charge in [0.1, 0.15) is 0 Å². The van der Waals surface area contributed by atoms with Crippen LogP contribution in [0.25, 0.3) is 0 Å². The maximum Gasteiger partial charge on any atom is 0.417 e. The van der Waals surface area contributed by atoms with Crippen molar-refractivity contribution in [1.29, 1.82) is 0 Å². The van der Waals surface area contributed by atoms with Gasteiger partial charge >= 0.3 is 6.18 Å². The van der Waals surface area contributed by atoms with Crippen LogP contribution in [0.3, 0.4) is 0 Å². The monoisotopic (exact) mass is 404 g/mol. The van der Waals surface area contributed by atoms with Gasteiger partial charge in [-0.3, -0.25) is 14.5 Å². The zero-order chi connectivity index (χ0) is 20.0. The summed E-state index contributed by atoms with van der Waals surface area (Å²) in [6, 6.07) is 2.32. The smallest absolute Gasteiger partial charge is 0.353 e. The maximum absolute atomic E-state index is 12.5. The number of thioether (sulfide) groups is 1. The second-order valence-corrected chi connectivity index (χ2v) is 7.55. The van der Waals surface area contributed by atoms with Gasteiger partial charge in [0.15, 0.2) is 0 Å². The zero-order valence-corrected chi connectivity index (χ0v) is 16.1. The lowest BCUT2D eigenvalue weighted by Crippen LogP contribution is -2.52. The largest absolute Gasteiger partial charge is 0.417 e. The van der Waals surface area contributed by atoms with Crippen molar-refractivity contribution < 1.29 is 22.8 Å². The lowest BCUT2D eigenvalue weighted by atomic mass is 10.3. The van der Waals surface area contributed by atoms with Crippen molar-refractivity contribution in [3.63, 3.8) is 0 Å². The molecule has 0 radical (unpaired) electrons. The van der Waals surface area contributed by atoms with Gasteiger partial charge < -0.3 is 10.2 Å². The number of carbonyl (C=O) groups excluding carboxylic acids is 2. The van der Waals surface area contributed by atoms with E-state index in [1.807, 2.05) is 18.7 Å². The fraction of sp³-hybridized carbons (Fsp3) is 0.588. The van der Waals surface area contributed by atoms with Gasteiger partial charge in [-0.25, -0.2) is 4.98 Å². The molecule has 1 saturated heterocycles. The molecule has 0 atom stereocenters. The van der Waals surface area contributed by atoms with Gasteiger partial charge in [0.2, 0.25) is 11.8 Å². The minimum Gasteiger partial charge on any atom is -0.353 e. The molecule has 0 spiro atoms. The van der Waals surface area contributed by atoms with Crippen molar-refractivity contribution in [2.75, 3.05) is 38.5 Å². The molecule has 2 heterocycles. The first-order chi connectivity index (χ1) is 12.6. The van der Waals surface area contributed by atoms with Crippen LogP contribution in [-0.2, 0) is 15.8 Å². The van der Waals surface area contributed by atoms with Crippen LogP contribution in [0, 0.1) is 0 Å². The average Bonchev–Trinajstić information content (AvgIpc) is 2.59. The molecule has 2 rings (SSSR count). The van der Waals surface area contributed by atoms with E-state index in [0.717, 1.165) is 24.0 Å². The summed E-state index contributed by atoms with van der Waals surface area (Å²) in [5.74, 6) is -0.00617.